The molecule has 0 unspecified atom stereocenters. The van der Waals surface area contributed by atoms with Gasteiger partial charge in [-0.1, -0.05) is 6.92 Å². The molecule has 0 aliphatic heterocycles. The average molecular weight is 269 g/mol. The Balaban J connectivity index is 2.48. The minimum absolute atomic E-state index is 0.0940. The second-order valence-electron chi connectivity index (χ2n) is 4.01. The van der Waals surface area contributed by atoms with Crippen molar-refractivity contribution >= 4 is 23.2 Å². The van der Waals surface area contributed by atoms with Gasteiger partial charge < -0.3 is 10.6 Å². The maximum atomic E-state index is 11.9. The van der Waals surface area contributed by atoms with E-state index in [1.165, 1.54) is 18.3 Å². The van der Waals surface area contributed by atoms with E-state index in [0.29, 0.717) is 18.0 Å². The van der Waals surface area contributed by atoms with Crippen LogP contribution in [0.2, 0.25) is 0 Å². The molecular formula is C12H19N3O2S. The standard InChI is InChI=1S/C12H19N3O2S/c1-4-5-10-15-8(2)11(18-10)12(17)14-7-6-13-9(3)16/h4-7H2,1-3H3,(H,13,16)(H,14,17). The molecule has 0 aliphatic rings. The monoisotopic (exact) mass is 269 g/mol. The van der Waals surface area contributed by atoms with Crippen molar-refractivity contribution in [3.8, 4) is 0 Å². The number of nitrogens with zero attached hydrogens (tertiary/aromatic N) is 1. The Morgan fingerprint density at radius 1 is 1.28 bits per heavy atom. The molecular weight excluding hydrogens is 250 g/mol. The third-order valence-corrected chi connectivity index (χ3v) is 3.51. The lowest BCUT2D eigenvalue weighted by Crippen LogP contribution is -2.33. The fourth-order valence-electron chi connectivity index (χ4n) is 1.48. The molecule has 0 aliphatic carbocycles. The van der Waals surface area contributed by atoms with E-state index in [-0.39, 0.29) is 11.8 Å². The van der Waals surface area contributed by atoms with Gasteiger partial charge >= 0.3 is 0 Å². The fourth-order valence-corrected chi connectivity index (χ4v) is 2.56. The quantitative estimate of drug-likeness (QED) is 0.764. The number of thiazole rings is 1. The maximum Gasteiger partial charge on any atom is 0.263 e. The predicted molar refractivity (Wildman–Crippen MR) is 71.9 cm³/mol. The summed E-state index contributed by atoms with van der Waals surface area (Å²) in [5.41, 5.74) is 0.778. The van der Waals surface area contributed by atoms with Crippen molar-refractivity contribution in [2.24, 2.45) is 0 Å². The third-order valence-electron chi connectivity index (χ3n) is 2.30. The number of hydrogen-bond donors (Lipinski definition) is 2. The summed E-state index contributed by atoms with van der Waals surface area (Å²) in [6.45, 7) is 6.26. The zero-order valence-electron chi connectivity index (χ0n) is 11.0. The summed E-state index contributed by atoms with van der Waals surface area (Å²) in [6, 6.07) is 0. The second kappa shape index (κ2) is 7.10. The molecule has 100 valence electrons. The highest BCUT2D eigenvalue weighted by Gasteiger charge is 2.14. The zero-order chi connectivity index (χ0) is 13.5. The number of carbonyl (C=O) groups excluding carboxylic acids is 2. The van der Waals surface area contributed by atoms with Crippen LogP contribution in [0.25, 0.3) is 0 Å². The largest absolute Gasteiger partial charge is 0.355 e. The Labute approximate surface area is 111 Å². The van der Waals surface area contributed by atoms with Gasteiger partial charge in [0.1, 0.15) is 4.88 Å². The summed E-state index contributed by atoms with van der Waals surface area (Å²) in [5, 5.41) is 6.40. The Morgan fingerprint density at radius 3 is 2.56 bits per heavy atom. The first kappa shape index (κ1) is 14.6. The van der Waals surface area contributed by atoms with Crippen molar-refractivity contribution in [1.82, 2.24) is 15.6 Å². The number of nitrogens with one attached hydrogen (secondary N) is 2. The van der Waals surface area contributed by atoms with Gasteiger partial charge in [0.25, 0.3) is 5.91 Å². The van der Waals surface area contributed by atoms with Gasteiger partial charge in [-0.15, -0.1) is 11.3 Å². The molecule has 6 heteroatoms. The Hall–Kier alpha value is -1.43. The molecule has 0 fully saturated rings. The van der Waals surface area contributed by atoms with Crippen molar-refractivity contribution in [2.45, 2.75) is 33.6 Å². The molecule has 0 saturated carbocycles. The zero-order valence-corrected chi connectivity index (χ0v) is 11.8. The van der Waals surface area contributed by atoms with E-state index in [1.54, 1.807) is 0 Å². The van der Waals surface area contributed by atoms with Crippen LogP contribution in [0.3, 0.4) is 0 Å². The van der Waals surface area contributed by atoms with Crippen LogP contribution in [-0.2, 0) is 11.2 Å². The number of rotatable bonds is 6. The molecule has 1 rings (SSSR count). The second-order valence-corrected chi connectivity index (χ2v) is 5.09. The third kappa shape index (κ3) is 4.44. The van der Waals surface area contributed by atoms with Crippen LogP contribution in [0.15, 0.2) is 0 Å². The molecule has 0 saturated heterocycles. The van der Waals surface area contributed by atoms with E-state index in [2.05, 4.69) is 22.5 Å². The normalized spacial score (nSPS) is 10.2. The van der Waals surface area contributed by atoms with Gasteiger partial charge in [0.2, 0.25) is 5.91 Å². The highest BCUT2D eigenvalue weighted by molar-refractivity contribution is 7.13. The Morgan fingerprint density at radius 2 is 1.94 bits per heavy atom. The van der Waals surface area contributed by atoms with E-state index in [9.17, 15) is 9.59 Å². The van der Waals surface area contributed by atoms with Gasteiger partial charge in [-0.2, -0.15) is 0 Å². The summed E-state index contributed by atoms with van der Waals surface area (Å²) in [5.74, 6) is -0.207. The maximum absolute atomic E-state index is 11.9. The van der Waals surface area contributed by atoms with Gasteiger partial charge in [-0.3, -0.25) is 9.59 Å². The molecule has 1 aromatic heterocycles. The van der Waals surface area contributed by atoms with E-state index < -0.39 is 0 Å². The lowest BCUT2D eigenvalue weighted by atomic mass is 10.3. The SMILES string of the molecule is CCCc1nc(C)c(C(=O)NCCNC(C)=O)s1. The molecule has 1 aromatic rings. The van der Waals surface area contributed by atoms with Gasteiger partial charge in [0.05, 0.1) is 10.7 Å². The van der Waals surface area contributed by atoms with Gasteiger partial charge in [0, 0.05) is 20.0 Å². The Bertz CT molecular complexity index is 429. The van der Waals surface area contributed by atoms with Crippen molar-refractivity contribution in [3.05, 3.63) is 15.6 Å². The lowest BCUT2D eigenvalue weighted by molar-refractivity contribution is -0.118. The molecule has 0 aromatic carbocycles. The van der Waals surface area contributed by atoms with E-state index in [1.807, 2.05) is 6.92 Å². The van der Waals surface area contributed by atoms with Crippen molar-refractivity contribution in [2.75, 3.05) is 13.1 Å². The summed E-state index contributed by atoms with van der Waals surface area (Å²) >= 11 is 1.45. The number of aryl methyl sites for hydroxylation is 2. The molecule has 0 atom stereocenters. The van der Waals surface area contributed by atoms with Crippen molar-refractivity contribution in [1.29, 1.82) is 0 Å². The molecule has 0 bridgehead atoms. The topological polar surface area (TPSA) is 71.1 Å². The van der Waals surface area contributed by atoms with Gasteiger partial charge in [0.15, 0.2) is 0 Å². The summed E-state index contributed by atoms with van der Waals surface area (Å²) in [7, 11) is 0. The minimum atomic E-state index is -0.113. The van der Waals surface area contributed by atoms with Crippen LogP contribution in [-0.4, -0.2) is 29.9 Å². The molecule has 5 nitrogen and oxygen atoms in total. The van der Waals surface area contributed by atoms with Gasteiger partial charge in [-0.25, -0.2) is 4.98 Å². The van der Waals surface area contributed by atoms with Crippen molar-refractivity contribution < 1.29 is 9.59 Å². The lowest BCUT2D eigenvalue weighted by Gasteiger charge is -2.04. The van der Waals surface area contributed by atoms with Crippen LogP contribution in [0.4, 0.5) is 0 Å². The van der Waals surface area contributed by atoms with Crippen LogP contribution < -0.4 is 10.6 Å². The number of amides is 2. The number of hydrogen-bond acceptors (Lipinski definition) is 4. The van der Waals surface area contributed by atoms with E-state index >= 15 is 0 Å². The predicted octanol–water partition coefficient (Wildman–Crippen LogP) is 1.27. The fraction of sp³-hybridized carbons (Fsp3) is 0.583. The summed E-state index contributed by atoms with van der Waals surface area (Å²) in [4.78, 5) is 27.6. The Kier molecular flexibility index (Phi) is 5.77. The highest BCUT2D eigenvalue weighted by Crippen LogP contribution is 2.18. The number of carbonyl (C=O) groups is 2. The average Bonchev–Trinajstić information content (AvgIpc) is 2.66. The van der Waals surface area contributed by atoms with Crippen LogP contribution in [0, 0.1) is 6.92 Å². The van der Waals surface area contributed by atoms with Gasteiger partial charge in [-0.05, 0) is 19.8 Å². The molecule has 1 heterocycles. The smallest absolute Gasteiger partial charge is 0.263 e. The summed E-state index contributed by atoms with van der Waals surface area (Å²) in [6.07, 6.45) is 1.93. The minimum Gasteiger partial charge on any atom is -0.355 e. The van der Waals surface area contributed by atoms with Crippen LogP contribution in [0.1, 0.15) is 40.6 Å². The summed E-state index contributed by atoms with van der Waals surface area (Å²) < 4.78 is 0. The molecule has 2 amide bonds. The first-order valence-electron chi connectivity index (χ1n) is 6.03. The molecule has 2 N–H and O–H groups in total. The highest BCUT2D eigenvalue weighted by atomic mass is 32.1. The molecule has 0 radical (unpaired) electrons. The van der Waals surface area contributed by atoms with E-state index in [0.717, 1.165) is 23.5 Å². The first-order chi connectivity index (χ1) is 8.54. The first-order valence-corrected chi connectivity index (χ1v) is 6.85. The van der Waals surface area contributed by atoms with E-state index in [4.69, 9.17) is 0 Å². The van der Waals surface area contributed by atoms with Crippen molar-refractivity contribution in [3.63, 3.8) is 0 Å². The molecule has 18 heavy (non-hydrogen) atoms. The number of aromatic nitrogens is 1. The van der Waals surface area contributed by atoms with Crippen LogP contribution in [0.5, 0.6) is 0 Å². The molecule has 0 spiro atoms. The van der Waals surface area contributed by atoms with Crippen LogP contribution >= 0.6 is 11.3 Å².